The van der Waals surface area contributed by atoms with Gasteiger partial charge in [0.05, 0.1) is 18.0 Å². The highest BCUT2D eigenvalue weighted by atomic mass is 32.1. The third kappa shape index (κ3) is 5.39. The summed E-state index contributed by atoms with van der Waals surface area (Å²) in [6, 6.07) is 4.36. The van der Waals surface area contributed by atoms with E-state index in [1.165, 1.54) is 23.3 Å². The number of thiophene rings is 1. The summed E-state index contributed by atoms with van der Waals surface area (Å²) in [6.45, 7) is 9.61. The van der Waals surface area contributed by atoms with Crippen molar-refractivity contribution >= 4 is 23.0 Å². The van der Waals surface area contributed by atoms with Crippen molar-refractivity contribution < 1.29 is 14.6 Å². The van der Waals surface area contributed by atoms with E-state index < -0.39 is 5.97 Å². The van der Waals surface area contributed by atoms with Gasteiger partial charge >= 0.3 is 5.97 Å². The second-order valence-electron chi connectivity index (χ2n) is 9.76. The number of hydrogen-bond donors (Lipinski definition) is 2. The molecule has 2 N–H and O–H groups in total. The van der Waals surface area contributed by atoms with Crippen LogP contribution < -0.4 is 10.1 Å². The van der Waals surface area contributed by atoms with Gasteiger partial charge in [0.1, 0.15) is 10.6 Å². The van der Waals surface area contributed by atoms with Crippen LogP contribution >= 0.6 is 11.3 Å². The average molecular weight is 444 g/mol. The number of ether oxygens (including phenoxy) is 1. The van der Waals surface area contributed by atoms with E-state index in [0.717, 1.165) is 61.6 Å². The summed E-state index contributed by atoms with van der Waals surface area (Å²) >= 11 is 1.38. The number of anilines is 1. The fraction of sp³-hybridized carbons (Fsp3) is 0.583. The number of carboxylic acids is 1. The van der Waals surface area contributed by atoms with Crippen LogP contribution in [0.3, 0.4) is 0 Å². The third-order valence-corrected chi connectivity index (χ3v) is 7.75. The zero-order chi connectivity index (χ0) is 22.0. The molecule has 1 aliphatic heterocycles. The van der Waals surface area contributed by atoms with Gasteiger partial charge in [0.2, 0.25) is 0 Å². The van der Waals surface area contributed by atoms with E-state index >= 15 is 0 Å². The molecule has 2 aliphatic rings. The van der Waals surface area contributed by atoms with Crippen molar-refractivity contribution in [1.29, 1.82) is 0 Å². The van der Waals surface area contributed by atoms with E-state index in [0.29, 0.717) is 4.88 Å². The van der Waals surface area contributed by atoms with Gasteiger partial charge in [0.25, 0.3) is 0 Å². The van der Waals surface area contributed by atoms with E-state index in [2.05, 4.69) is 42.0 Å². The number of aromatic nitrogens is 1. The van der Waals surface area contributed by atoms with Crippen molar-refractivity contribution in [3.05, 3.63) is 39.8 Å². The molecule has 2 aromatic rings. The van der Waals surface area contributed by atoms with Gasteiger partial charge in [0.15, 0.2) is 0 Å². The largest absolute Gasteiger partial charge is 0.488 e. The van der Waals surface area contributed by atoms with Crippen LogP contribution in [0.25, 0.3) is 0 Å². The summed E-state index contributed by atoms with van der Waals surface area (Å²) in [4.78, 5) is 19.9. The maximum atomic E-state index is 11.7. The summed E-state index contributed by atoms with van der Waals surface area (Å²) in [7, 11) is 0. The zero-order valence-corrected chi connectivity index (χ0v) is 19.5. The van der Waals surface area contributed by atoms with Crippen molar-refractivity contribution in [2.24, 2.45) is 0 Å². The molecule has 4 rings (SSSR count). The predicted molar refractivity (Wildman–Crippen MR) is 124 cm³/mol. The van der Waals surface area contributed by atoms with Crippen LogP contribution in [0.4, 0.5) is 5.69 Å². The van der Waals surface area contributed by atoms with Crippen LogP contribution in [0.1, 0.15) is 73.0 Å². The van der Waals surface area contributed by atoms with E-state index in [4.69, 9.17) is 4.74 Å². The number of carbonyl (C=O) groups is 1. The van der Waals surface area contributed by atoms with E-state index in [-0.39, 0.29) is 17.6 Å². The molecule has 2 fully saturated rings. The zero-order valence-electron chi connectivity index (χ0n) is 18.7. The van der Waals surface area contributed by atoms with Crippen LogP contribution in [-0.4, -0.2) is 46.2 Å². The molecule has 0 spiro atoms. The molecule has 0 unspecified atom stereocenters. The van der Waals surface area contributed by atoms with E-state index in [1.54, 1.807) is 0 Å². The highest BCUT2D eigenvalue weighted by Crippen LogP contribution is 2.37. The van der Waals surface area contributed by atoms with Crippen molar-refractivity contribution in [3.8, 4) is 5.75 Å². The monoisotopic (exact) mass is 443 g/mol. The Labute approximate surface area is 188 Å². The number of nitrogens with zero attached hydrogens (tertiary/aromatic N) is 2. The molecule has 3 heterocycles. The van der Waals surface area contributed by atoms with Gasteiger partial charge in [-0.1, -0.05) is 20.8 Å². The van der Waals surface area contributed by atoms with Gasteiger partial charge in [-0.15, -0.1) is 11.3 Å². The van der Waals surface area contributed by atoms with Crippen molar-refractivity contribution in [2.45, 2.75) is 77.0 Å². The van der Waals surface area contributed by atoms with E-state index in [1.807, 2.05) is 18.5 Å². The van der Waals surface area contributed by atoms with Gasteiger partial charge in [0, 0.05) is 29.2 Å². The first-order valence-corrected chi connectivity index (χ1v) is 12.1. The molecule has 168 valence electrons. The maximum Gasteiger partial charge on any atom is 0.348 e. The molecule has 1 aliphatic carbocycles. The summed E-state index contributed by atoms with van der Waals surface area (Å²) in [6.07, 6.45) is 8.99. The lowest BCUT2D eigenvalue weighted by atomic mass is 9.92. The highest BCUT2D eigenvalue weighted by Gasteiger charge is 2.27. The summed E-state index contributed by atoms with van der Waals surface area (Å²) in [5.41, 5.74) is 1.92. The van der Waals surface area contributed by atoms with Crippen LogP contribution in [0, 0.1) is 0 Å². The van der Waals surface area contributed by atoms with Crippen LogP contribution in [-0.2, 0) is 12.0 Å². The van der Waals surface area contributed by atoms with Crippen molar-refractivity contribution in [2.75, 3.05) is 18.4 Å². The summed E-state index contributed by atoms with van der Waals surface area (Å²) in [5.74, 6) is 0.0537. The molecule has 0 amide bonds. The molecule has 0 aromatic carbocycles. The highest BCUT2D eigenvalue weighted by molar-refractivity contribution is 7.14. The Morgan fingerprint density at radius 1 is 1.29 bits per heavy atom. The molecule has 6 nitrogen and oxygen atoms in total. The lowest BCUT2D eigenvalue weighted by molar-refractivity contribution is 0.0703. The number of carboxylic acid groups (broad SMARTS) is 1. The predicted octanol–water partition coefficient (Wildman–Crippen LogP) is 5.15. The minimum absolute atomic E-state index is 0.0578. The van der Waals surface area contributed by atoms with Gasteiger partial charge in [-0.05, 0) is 62.7 Å². The molecule has 2 aromatic heterocycles. The number of likely N-dealkylation sites (tertiary alicyclic amines) is 1. The average Bonchev–Trinajstić information content (AvgIpc) is 3.12. The van der Waals surface area contributed by atoms with E-state index in [9.17, 15) is 9.90 Å². The molecule has 0 bridgehead atoms. The minimum Gasteiger partial charge on any atom is -0.488 e. The lowest BCUT2D eigenvalue weighted by Crippen LogP contribution is -2.36. The van der Waals surface area contributed by atoms with Crippen LogP contribution in [0.5, 0.6) is 5.75 Å². The first kappa shape index (κ1) is 22.1. The molecular formula is C24H33N3O3S. The first-order valence-electron chi connectivity index (χ1n) is 11.3. The van der Waals surface area contributed by atoms with Crippen LogP contribution in [0.2, 0.25) is 0 Å². The maximum absolute atomic E-state index is 11.7. The molecule has 1 saturated heterocycles. The third-order valence-electron chi connectivity index (χ3n) is 6.21. The Bertz CT molecular complexity index is 909. The Hall–Kier alpha value is -2.12. The minimum atomic E-state index is -0.855. The number of aromatic carboxylic acids is 1. The number of nitrogens with one attached hydrogen (secondary N) is 1. The fourth-order valence-electron chi connectivity index (χ4n) is 4.18. The molecule has 0 atom stereocenters. The smallest absolute Gasteiger partial charge is 0.348 e. The molecular weight excluding hydrogens is 410 g/mol. The second kappa shape index (κ2) is 9.17. The van der Waals surface area contributed by atoms with Crippen molar-refractivity contribution in [3.63, 3.8) is 0 Å². The topological polar surface area (TPSA) is 74.7 Å². The Balaban J connectivity index is 1.35. The molecule has 31 heavy (non-hydrogen) atoms. The fourth-order valence-corrected chi connectivity index (χ4v) is 5.20. The first-order chi connectivity index (χ1) is 14.8. The number of pyridine rings is 1. The van der Waals surface area contributed by atoms with Crippen molar-refractivity contribution in [1.82, 2.24) is 9.88 Å². The Morgan fingerprint density at radius 2 is 2.03 bits per heavy atom. The Kier molecular flexibility index (Phi) is 6.53. The standard InChI is InChI=1S/C24H33N3O3S/c1-24(2,3)21-13-19(22(31-21)23(28)29)26-17-5-7-18(8-6-17)30-20-14-25-10-9-16(20)15-27-11-4-12-27/h9-10,13-14,17-18,26H,4-8,11-12,15H2,1-3H3,(H,28,29)/t17-,18-. The molecule has 0 radical (unpaired) electrons. The quantitative estimate of drug-likeness (QED) is 0.617. The SMILES string of the molecule is CC(C)(C)c1cc(N[C@H]2CC[C@H](Oc3cnccc3CN3CCC3)CC2)c(C(=O)O)s1. The van der Waals surface area contributed by atoms with Gasteiger partial charge in [-0.3, -0.25) is 9.88 Å². The molecule has 1 saturated carbocycles. The number of rotatable bonds is 7. The normalized spacial score (nSPS) is 22.0. The molecule has 7 heteroatoms. The van der Waals surface area contributed by atoms with Gasteiger partial charge in [-0.25, -0.2) is 4.79 Å². The number of hydrogen-bond acceptors (Lipinski definition) is 6. The summed E-state index contributed by atoms with van der Waals surface area (Å²) < 4.78 is 6.36. The lowest BCUT2D eigenvalue weighted by Gasteiger charge is -2.33. The van der Waals surface area contributed by atoms with Gasteiger partial charge in [-0.2, -0.15) is 0 Å². The summed E-state index contributed by atoms with van der Waals surface area (Å²) in [5, 5.41) is 13.1. The van der Waals surface area contributed by atoms with Gasteiger partial charge < -0.3 is 15.2 Å². The Morgan fingerprint density at radius 3 is 2.65 bits per heavy atom. The van der Waals surface area contributed by atoms with Crippen LogP contribution in [0.15, 0.2) is 24.5 Å². The second-order valence-corrected chi connectivity index (χ2v) is 10.8.